The molecule has 238 valence electrons. The standard InChI is InChI=1S/C32H29F2N11O2/c1-42-14-20(47-2)15-43-17-38-24-5-3-4-21(29(24)43)25-11-35-12-28(41-25)40-19-9-27(32(42)46)44(13-19)30-22-10-39-45(31(22)37-16-36-30)26-7-6-18(33)8-23(26)34/h3-8,10-12,16-17,19-20,27H,9,13-15H2,1-2H3,(H,40,41)/t19-,20-,27-/m0/s1. The fraction of sp³-hybridized carbons (Fsp3) is 0.281. The number of halogens is 2. The van der Waals surface area contributed by atoms with Crippen LogP contribution in [0.4, 0.5) is 20.4 Å². The molecule has 1 amide bonds. The van der Waals surface area contributed by atoms with Crippen LogP contribution in [0.15, 0.2) is 67.6 Å². The summed E-state index contributed by atoms with van der Waals surface area (Å²) in [6.07, 6.45) is 8.16. The number of nitrogens with zero attached hydrogens (tertiary/aromatic N) is 10. The maximum atomic E-state index is 14.8. The summed E-state index contributed by atoms with van der Waals surface area (Å²) in [7, 11) is 3.40. The third-order valence-corrected chi connectivity index (χ3v) is 8.83. The Morgan fingerprint density at radius 1 is 1.02 bits per heavy atom. The van der Waals surface area contributed by atoms with Gasteiger partial charge in [0, 0.05) is 44.9 Å². The minimum absolute atomic E-state index is 0.0432. The second-order valence-electron chi connectivity index (χ2n) is 11.8. The summed E-state index contributed by atoms with van der Waals surface area (Å²) in [5.74, 6) is -0.559. The molecule has 0 radical (unpaired) electrons. The van der Waals surface area contributed by atoms with Crippen LogP contribution in [-0.2, 0) is 16.1 Å². The Labute approximate surface area is 266 Å². The van der Waals surface area contributed by atoms with E-state index in [4.69, 9.17) is 9.72 Å². The number of para-hydroxylation sites is 1. The predicted molar refractivity (Wildman–Crippen MR) is 169 cm³/mol. The van der Waals surface area contributed by atoms with E-state index in [9.17, 15) is 13.6 Å². The predicted octanol–water partition coefficient (Wildman–Crippen LogP) is 3.45. The summed E-state index contributed by atoms with van der Waals surface area (Å²) in [5, 5.41) is 8.38. The molecule has 47 heavy (non-hydrogen) atoms. The molecule has 15 heteroatoms. The smallest absolute Gasteiger partial charge is 0.245 e. The lowest BCUT2D eigenvalue weighted by Crippen LogP contribution is -2.47. The molecule has 1 saturated heterocycles. The van der Waals surface area contributed by atoms with Crippen LogP contribution in [0.3, 0.4) is 0 Å². The van der Waals surface area contributed by atoms with Crippen LogP contribution >= 0.6 is 0 Å². The number of methoxy groups -OCH3 is 1. The molecule has 8 rings (SSSR count). The van der Waals surface area contributed by atoms with Gasteiger partial charge in [-0.3, -0.25) is 9.78 Å². The van der Waals surface area contributed by atoms with Crippen molar-refractivity contribution in [3.63, 3.8) is 0 Å². The van der Waals surface area contributed by atoms with Crippen LogP contribution in [0.2, 0.25) is 0 Å². The first-order valence-corrected chi connectivity index (χ1v) is 15.1. The molecule has 6 heterocycles. The molecule has 2 aromatic carbocycles. The van der Waals surface area contributed by atoms with Crippen LogP contribution < -0.4 is 10.2 Å². The summed E-state index contributed by atoms with van der Waals surface area (Å²) < 4.78 is 37.6. The Morgan fingerprint density at radius 2 is 1.91 bits per heavy atom. The number of amides is 1. The number of ether oxygens (including phenoxy) is 1. The van der Waals surface area contributed by atoms with Gasteiger partial charge in [-0.2, -0.15) is 5.10 Å². The zero-order chi connectivity index (χ0) is 32.2. The average Bonchev–Trinajstić information content (AvgIpc) is 3.81. The molecular formula is C32H29F2N11O2. The third-order valence-electron chi connectivity index (χ3n) is 8.83. The summed E-state index contributed by atoms with van der Waals surface area (Å²) in [6, 6.07) is 8.33. The lowest BCUT2D eigenvalue weighted by molar-refractivity contribution is -0.132. The van der Waals surface area contributed by atoms with Gasteiger partial charge in [0.25, 0.3) is 0 Å². The van der Waals surface area contributed by atoms with Crippen molar-refractivity contribution in [1.82, 2.24) is 44.2 Å². The van der Waals surface area contributed by atoms with E-state index in [-0.39, 0.29) is 23.7 Å². The molecule has 0 saturated carbocycles. The first-order chi connectivity index (χ1) is 22.9. The van der Waals surface area contributed by atoms with Crippen LogP contribution in [0.25, 0.3) is 39.0 Å². The summed E-state index contributed by atoms with van der Waals surface area (Å²) in [4.78, 5) is 40.8. The Balaban J connectivity index is 1.21. The second kappa shape index (κ2) is 11.3. The molecule has 0 aliphatic carbocycles. The van der Waals surface area contributed by atoms with Crippen LogP contribution in [0.1, 0.15) is 6.42 Å². The minimum atomic E-state index is -0.779. The van der Waals surface area contributed by atoms with Crippen molar-refractivity contribution < 1.29 is 18.3 Å². The minimum Gasteiger partial charge on any atom is -0.378 e. The zero-order valence-corrected chi connectivity index (χ0v) is 25.5. The number of nitrogens with one attached hydrogen (secondary N) is 1. The summed E-state index contributed by atoms with van der Waals surface area (Å²) >= 11 is 0. The highest BCUT2D eigenvalue weighted by Crippen LogP contribution is 2.34. The van der Waals surface area contributed by atoms with E-state index in [1.807, 2.05) is 27.7 Å². The highest BCUT2D eigenvalue weighted by molar-refractivity contribution is 5.93. The summed E-state index contributed by atoms with van der Waals surface area (Å²) in [6.45, 7) is 1.18. The van der Waals surface area contributed by atoms with Gasteiger partial charge in [0.1, 0.15) is 35.5 Å². The van der Waals surface area contributed by atoms with E-state index in [1.165, 1.54) is 23.3 Å². The lowest BCUT2D eigenvalue weighted by atomic mass is 10.1. The molecule has 2 aliphatic rings. The second-order valence-corrected chi connectivity index (χ2v) is 11.8. The number of anilines is 2. The number of aromatic nitrogens is 8. The van der Waals surface area contributed by atoms with Gasteiger partial charge in [0.05, 0.1) is 59.7 Å². The highest BCUT2D eigenvalue weighted by atomic mass is 19.1. The molecule has 6 aromatic rings. The van der Waals surface area contributed by atoms with Gasteiger partial charge in [-0.05, 0) is 24.6 Å². The maximum Gasteiger partial charge on any atom is 0.245 e. The number of rotatable bonds is 3. The monoisotopic (exact) mass is 637 g/mol. The van der Waals surface area contributed by atoms with Gasteiger partial charge < -0.3 is 24.4 Å². The number of hydrogen-bond acceptors (Lipinski definition) is 10. The number of hydrogen-bond donors (Lipinski definition) is 1. The molecule has 0 unspecified atom stereocenters. The lowest BCUT2D eigenvalue weighted by Gasteiger charge is -2.30. The van der Waals surface area contributed by atoms with E-state index in [0.717, 1.165) is 28.7 Å². The summed E-state index contributed by atoms with van der Waals surface area (Å²) in [5.41, 5.74) is 3.66. The molecule has 2 aliphatic heterocycles. The van der Waals surface area contributed by atoms with Crippen molar-refractivity contribution in [2.75, 3.05) is 37.5 Å². The van der Waals surface area contributed by atoms with Crippen LogP contribution in [0.5, 0.6) is 0 Å². The van der Waals surface area contributed by atoms with Crippen molar-refractivity contribution in [2.24, 2.45) is 0 Å². The largest absolute Gasteiger partial charge is 0.378 e. The Morgan fingerprint density at radius 3 is 2.77 bits per heavy atom. The third kappa shape index (κ3) is 4.99. The SMILES string of the molecule is CO[C@H]1CN(C)C(=O)[C@@H]2C[C@@H](CN2c2ncnc3c2cnn3-c2ccc(F)cc2F)Nc2cncc(n2)-c2cccc3ncn(c23)C1. The van der Waals surface area contributed by atoms with Crippen molar-refractivity contribution >= 4 is 39.6 Å². The Hall–Kier alpha value is -5.57. The maximum absolute atomic E-state index is 14.8. The topological polar surface area (TPSA) is 132 Å². The van der Waals surface area contributed by atoms with E-state index in [1.54, 1.807) is 37.8 Å². The molecule has 13 nitrogen and oxygen atoms in total. The number of benzene rings is 2. The zero-order valence-electron chi connectivity index (χ0n) is 25.5. The molecule has 1 N–H and O–H groups in total. The van der Waals surface area contributed by atoms with Crippen molar-refractivity contribution in [3.05, 3.63) is 79.3 Å². The number of imidazole rings is 1. The van der Waals surface area contributed by atoms with Gasteiger partial charge in [-0.1, -0.05) is 12.1 Å². The molecule has 0 spiro atoms. The van der Waals surface area contributed by atoms with Crippen molar-refractivity contribution in [3.8, 4) is 16.9 Å². The Kier molecular flexibility index (Phi) is 6.97. The number of likely N-dealkylation sites (N-methyl/N-ethyl adjacent to an activating group) is 1. The average molecular weight is 638 g/mol. The first kappa shape index (κ1) is 28.9. The van der Waals surface area contributed by atoms with Crippen LogP contribution in [-0.4, -0.2) is 95.5 Å². The van der Waals surface area contributed by atoms with Gasteiger partial charge in [0.15, 0.2) is 11.5 Å². The van der Waals surface area contributed by atoms with Gasteiger partial charge in [-0.15, -0.1) is 0 Å². The van der Waals surface area contributed by atoms with E-state index < -0.39 is 17.7 Å². The number of carbonyl (C=O) groups is 1. The van der Waals surface area contributed by atoms with Crippen molar-refractivity contribution in [2.45, 2.75) is 31.2 Å². The fourth-order valence-electron chi connectivity index (χ4n) is 6.62. The molecule has 4 bridgehead atoms. The molecule has 4 aromatic heterocycles. The molecule has 3 atom stereocenters. The van der Waals surface area contributed by atoms with Crippen molar-refractivity contribution in [1.29, 1.82) is 0 Å². The molecule has 1 fully saturated rings. The highest BCUT2D eigenvalue weighted by Gasteiger charge is 2.40. The fourth-order valence-corrected chi connectivity index (χ4v) is 6.62. The number of carbonyl (C=O) groups excluding carboxylic acids is 1. The number of fused-ring (bicyclic) bond motifs is 6. The van der Waals surface area contributed by atoms with E-state index in [2.05, 4.69) is 30.4 Å². The Bertz CT molecular complexity index is 2150. The van der Waals surface area contributed by atoms with E-state index in [0.29, 0.717) is 54.4 Å². The van der Waals surface area contributed by atoms with Gasteiger partial charge in [0.2, 0.25) is 5.91 Å². The molecular weight excluding hydrogens is 608 g/mol. The quantitative estimate of drug-likeness (QED) is 0.308. The van der Waals surface area contributed by atoms with Crippen LogP contribution in [0, 0.1) is 11.6 Å². The normalized spacial score (nSPS) is 20.0. The van der Waals surface area contributed by atoms with Gasteiger partial charge >= 0.3 is 0 Å². The van der Waals surface area contributed by atoms with E-state index >= 15 is 0 Å². The van der Waals surface area contributed by atoms with Gasteiger partial charge in [-0.25, -0.2) is 33.4 Å². The first-order valence-electron chi connectivity index (χ1n) is 15.1.